The number of carbonyl (C=O) groups is 3. The van der Waals surface area contributed by atoms with Crippen LogP contribution in [0.1, 0.15) is 54.7 Å². The summed E-state index contributed by atoms with van der Waals surface area (Å²) in [7, 11) is 0. The van der Waals surface area contributed by atoms with Gasteiger partial charge in [-0.05, 0) is 47.2 Å². The van der Waals surface area contributed by atoms with Crippen LogP contribution in [0.4, 0.5) is 4.79 Å². The van der Waals surface area contributed by atoms with Crippen LogP contribution >= 0.6 is 0 Å². The fourth-order valence-electron chi connectivity index (χ4n) is 5.97. The highest BCUT2D eigenvalue weighted by molar-refractivity contribution is 5.89. The van der Waals surface area contributed by atoms with Crippen molar-refractivity contribution in [1.29, 1.82) is 0 Å². The number of carboxylic acid groups (broad SMARTS) is 1. The molecule has 41 heavy (non-hydrogen) atoms. The smallest absolute Gasteiger partial charge is 0.407 e. The fraction of sp³-hybridized carbons (Fsp3) is 0.364. The van der Waals surface area contributed by atoms with Crippen LogP contribution in [0.25, 0.3) is 11.1 Å². The minimum Gasteiger partial charge on any atom is -0.481 e. The van der Waals surface area contributed by atoms with Crippen LogP contribution in [-0.4, -0.2) is 59.8 Å². The van der Waals surface area contributed by atoms with Crippen molar-refractivity contribution in [3.05, 3.63) is 95.6 Å². The number of benzene rings is 3. The van der Waals surface area contributed by atoms with Crippen molar-refractivity contribution in [3.8, 4) is 11.1 Å². The number of fused-ring (bicyclic) bond motifs is 3. The summed E-state index contributed by atoms with van der Waals surface area (Å²) in [5.74, 6) is -1.82. The van der Waals surface area contributed by atoms with Gasteiger partial charge in [-0.3, -0.25) is 14.5 Å². The summed E-state index contributed by atoms with van der Waals surface area (Å²) < 4.78 is 5.58. The van der Waals surface area contributed by atoms with Crippen LogP contribution in [0.3, 0.4) is 0 Å². The van der Waals surface area contributed by atoms with Gasteiger partial charge < -0.3 is 20.5 Å². The highest BCUT2D eigenvalue weighted by atomic mass is 16.5. The number of hydrogen-bond donors (Lipinski definition) is 3. The van der Waals surface area contributed by atoms with Gasteiger partial charge in [0.05, 0.1) is 6.42 Å². The molecule has 2 aliphatic rings. The molecule has 2 atom stereocenters. The van der Waals surface area contributed by atoms with Crippen LogP contribution in [0.15, 0.2) is 78.9 Å². The highest BCUT2D eigenvalue weighted by Gasteiger charge is 2.31. The standard InChI is InChI=1S/C33H37N3O5/c37-31(38)19-30(32(39)34-24-13-5-2-10-18-36(21-24)20-23-11-3-1-4-12-23)35-33(40)41-22-29-27-16-8-6-14-25(27)26-15-7-9-17-28(26)29/h1,3-4,6-9,11-12,14-17,24,29-30H,2,5,10,13,18-22H2,(H,34,39)(H,35,40)(H,37,38). The molecule has 3 aromatic rings. The maximum atomic E-state index is 13.3. The van der Waals surface area contributed by atoms with E-state index in [1.807, 2.05) is 54.6 Å². The van der Waals surface area contributed by atoms with E-state index in [9.17, 15) is 19.5 Å². The third-order valence-corrected chi connectivity index (χ3v) is 7.93. The molecule has 3 N–H and O–H groups in total. The van der Waals surface area contributed by atoms with Gasteiger partial charge in [-0.2, -0.15) is 0 Å². The van der Waals surface area contributed by atoms with Crippen molar-refractivity contribution < 1.29 is 24.2 Å². The first kappa shape index (κ1) is 28.4. The van der Waals surface area contributed by atoms with E-state index in [1.165, 1.54) is 5.56 Å². The zero-order valence-corrected chi connectivity index (χ0v) is 23.1. The van der Waals surface area contributed by atoms with E-state index in [-0.39, 0.29) is 18.6 Å². The van der Waals surface area contributed by atoms with Gasteiger partial charge in [0.2, 0.25) is 5.91 Å². The minimum atomic E-state index is -1.24. The quantitative estimate of drug-likeness (QED) is 0.346. The van der Waals surface area contributed by atoms with Crippen molar-refractivity contribution >= 4 is 18.0 Å². The molecule has 0 aromatic heterocycles. The molecule has 1 heterocycles. The maximum absolute atomic E-state index is 13.3. The highest BCUT2D eigenvalue weighted by Crippen LogP contribution is 2.44. The zero-order valence-electron chi connectivity index (χ0n) is 23.1. The second-order valence-corrected chi connectivity index (χ2v) is 10.9. The Morgan fingerprint density at radius 2 is 1.54 bits per heavy atom. The first-order chi connectivity index (χ1) is 20.0. The molecule has 0 radical (unpaired) electrons. The number of likely N-dealkylation sites (tertiary alicyclic amines) is 1. The lowest BCUT2D eigenvalue weighted by Crippen LogP contribution is -2.53. The van der Waals surface area contributed by atoms with E-state index in [0.717, 1.165) is 61.0 Å². The summed E-state index contributed by atoms with van der Waals surface area (Å²) in [4.78, 5) is 40.1. The number of amides is 2. The number of hydrogen-bond acceptors (Lipinski definition) is 5. The number of carbonyl (C=O) groups excluding carboxylic acids is 2. The van der Waals surface area contributed by atoms with E-state index in [1.54, 1.807) is 0 Å². The first-order valence-electron chi connectivity index (χ1n) is 14.4. The molecule has 2 unspecified atom stereocenters. The van der Waals surface area contributed by atoms with E-state index >= 15 is 0 Å². The van der Waals surface area contributed by atoms with Crippen LogP contribution in [-0.2, 0) is 20.9 Å². The predicted octanol–water partition coefficient (Wildman–Crippen LogP) is 4.93. The second-order valence-electron chi connectivity index (χ2n) is 10.9. The number of ether oxygens (including phenoxy) is 1. The molecule has 0 saturated carbocycles. The summed E-state index contributed by atoms with van der Waals surface area (Å²) in [5.41, 5.74) is 5.58. The average molecular weight is 556 g/mol. The van der Waals surface area contributed by atoms with E-state index in [0.29, 0.717) is 6.54 Å². The van der Waals surface area contributed by atoms with E-state index in [2.05, 4.69) is 39.8 Å². The van der Waals surface area contributed by atoms with Gasteiger partial charge >= 0.3 is 12.1 Å². The van der Waals surface area contributed by atoms with Crippen molar-refractivity contribution in [2.75, 3.05) is 19.7 Å². The molecule has 8 heteroatoms. The Bertz CT molecular complexity index is 1320. The molecule has 214 valence electrons. The molecule has 0 bridgehead atoms. The third kappa shape index (κ3) is 7.32. The minimum absolute atomic E-state index is 0.0817. The number of carboxylic acids is 1. The molecule has 2 amide bonds. The normalized spacial score (nSPS) is 17.8. The molecule has 8 nitrogen and oxygen atoms in total. The Morgan fingerprint density at radius 1 is 0.878 bits per heavy atom. The average Bonchev–Trinajstić information content (AvgIpc) is 3.28. The Kier molecular flexibility index (Phi) is 9.31. The Morgan fingerprint density at radius 3 is 2.22 bits per heavy atom. The van der Waals surface area contributed by atoms with Crippen LogP contribution in [0.5, 0.6) is 0 Å². The second kappa shape index (κ2) is 13.5. The van der Waals surface area contributed by atoms with Gasteiger partial charge in [0.15, 0.2) is 0 Å². The molecule has 0 spiro atoms. The summed E-state index contributed by atoms with van der Waals surface area (Å²) in [6.45, 7) is 2.45. The monoisotopic (exact) mass is 555 g/mol. The number of nitrogens with one attached hydrogen (secondary N) is 2. The van der Waals surface area contributed by atoms with Crippen molar-refractivity contribution in [3.63, 3.8) is 0 Å². The van der Waals surface area contributed by atoms with Crippen molar-refractivity contribution in [1.82, 2.24) is 15.5 Å². The summed E-state index contributed by atoms with van der Waals surface area (Å²) in [6, 6.07) is 24.9. The lowest BCUT2D eigenvalue weighted by Gasteiger charge is -2.31. The van der Waals surface area contributed by atoms with Crippen LogP contribution < -0.4 is 10.6 Å². The number of rotatable bonds is 9. The van der Waals surface area contributed by atoms with E-state index < -0.39 is 30.4 Å². The van der Waals surface area contributed by atoms with Gasteiger partial charge in [-0.1, -0.05) is 91.7 Å². The number of aliphatic carboxylic acids is 1. The van der Waals surface area contributed by atoms with Gasteiger partial charge in [-0.25, -0.2) is 4.79 Å². The van der Waals surface area contributed by atoms with E-state index in [4.69, 9.17) is 4.74 Å². The molecular formula is C33H37N3O5. The Balaban J connectivity index is 1.20. The molecule has 5 rings (SSSR count). The molecule has 1 aliphatic carbocycles. The molecule has 1 saturated heterocycles. The topological polar surface area (TPSA) is 108 Å². The summed E-state index contributed by atoms with van der Waals surface area (Å²) >= 11 is 0. The lowest BCUT2D eigenvalue weighted by molar-refractivity contribution is -0.140. The Labute approximate surface area is 240 Å². The Hall–Kier alpha value is -4.17. The summed E-state index contributed by atoms with van der Waals surface area (Å²) in [6.07, 6.45) is 2.59. The third-order valence-electron chi connectivity index (χ3n) is 7.93. The van der Waals surface area contributed by atoms with Gasteiger partial charge in [-0.15, -0.1) is 0 Å². The van der Waals surface area contributed by atoms with Gasteiger partial charge in [0, 0.05) is 25.0 Å². The SMILES string of the molecule is O=C(O)CC(NC(=O)OCC1c2ccccc2-c2ccccc21)C(=O)NC1CCCCCN(Cc2ccccc2)C1. The largest absolute Gasteiger partial charge is 0.481 e. The van der Waals surface area contributed by atoms with Crippen molar-refractivity contribution in [2.45, 2.75) is 56.7 Å². The maximum Gasteiger partial charge on any atom is 0.407 e. The first-order valence-corrected chi connectivity index (χ1v) is 14.4. The van der Waals surface area contributed by atoms with Crippen LogP contribution in [0, 0.1) is 0 Å². The van der Waals surface area contributed by atoms with Crippen LogP contribution in [0.2, 0.25) is 0 Å². The predicted molar refractivity (Wildman–Crippen MR) is 156 cm³/mol. The zero-order chi connectivity index (χ0) is 28.6. The number of alkyl carbamates (subject to hydrolysis) is 1. The van der Waals surface area contributed by atoms with Gasteiger partial charge in [0.1, 0.15) is 12.6 Å². The summed E-state index contributed by atoms with van der Waals surface area (Å²) in [5, 5.41) is 15.0. The van der Waals surface area contributed by atoms with Gasteiger partial charge in [0.25, 0.3) is 0 Å². The molecule has 1 fully saturated rings. The lowest BCUT2D eigenvalue weighted by atomic mass is 9.98. The van der Waals surface area contributed by atoms with Crippen molar-refractivity contribution in [2.24, 2.45) is 0 Å². The number of nitrogens with zero attached hydrogens (tertiary/aromatic N) is 1. The fourth-order valence-corrected chi connectivity index (χ4v) is 5.97. The molecule has 1 aliphatic heterocycles. The molecule has 3 aromatic carbocycles. The molecular weight excluding hydrogens is 518 g/mol.